The summed E-state index contributed by atoms with van der Waals surface area (Å²) >= 11 is 0. The maximum atomic E-state index is 12.6. The summed E-state index contributed by atoms with van der Waals surface area (Å²) < 4.78 is 5.91. The van der Waals surface area contributed by atoms with Gasteiger partial charge < -0.3 is 9.73 Å². The first-order chi connectivity index (χ1) is 10.5. The molecule has 118 valence electrons. The monoisotopic (exact) mass is 300 g/mol. The lowest BCUT2D eigenvalue weighted by molar-refractivity contribution is -0.131. The zero-order valence-electron chi connectivity index (χ0n) is 13.6. The molecule has 1 aromatic carbocycles. The molecule has 1 N–H and O–H groups in total. The van der Waals surface area contributed by atoms with E-state index in [1.165, 1.54) is 0 Å². The molecule has 3 rings (SSSR count). The van der Waals surface area contributed by atoms with Crippen molar-refractivity contribution in [1.29, 1.82) is 0 Å². The van der Waals surface area contributed by atoms with Crippen LogP contribution in [0.5, 0.6) is 0 Å². The van der Waals surface area contributed by atoms with Crippen LogP contribution in [0.2, 0.25) is 0 Å². The Morgan fingerprint density at radius 3 is 2.91 bits per heavy atom. The Morgan fingerprint density at radius 2 is 2.18 bits per heavy atom. The number of furan rings is 1. The Balaban J connectivity index is 1.79. The lowest BCUT2D eigenvalue weighted by Crippen LogP contribution is -2.54. The van der Waals surface area contributed by atoms with E-state index in [0.29, 0.717) is 6.54 Å². The van der Waals surface area contributed by atoms with Crippen LogP contribution in [-0.4, -0.2) is 28.9 Å². The van der Waals surface area contributed by atoms with Crippen LogP contribution in [-0.2, 0) is 11.3 Å². The molecular formula is C18H24N2O2. The molecule has 1 unspecified atom stereocenters. The van der Waals surface area contributed by atoms with Crippen molar-refractivity contribution in [1.82, 2.24) is 10.2 Å². The summed E-state index contributed by atoms with van der Waals surface area (Å²) in [5.74, 6) is 1.04. The van der Waals surface area contributed by atoms with Gasteiger partial charge in [0.05, 0.1) is 12.1 Å². The number of likely N-dealkylation sites (tertiary alicyclic amines) is 1. The van der Waals surface area contributed by atoms with Crippen LogP contribution < -0.4 is 5.32 Å². The summed E-state index contributed by atoms with van der Waals surface area (Å²) in [6, 6.07) is 10.3. The van der Waals surface area contributed by atoms with Crippen LogP contribution >= 0.6 is 0 Å². The van der Waals surface area contributed by atoms with Gasteiger partial charge in [-0.2, -0.15) is 0 Å². The smallest absolute Gasteiger partial charge is 0.240 e. The molecule has 4 nitrogen and oxygen atoms in total. The van der Waals surface area contributed by atoms with Crippen molar-refractivity contribution >= 4 is 16.9 Å². The maximum absolute atomic E-state index is 12.6. The van der Waals surface area contributed by atoms with Crippen LogP contribution in [0.25, 0.3) is 11.0 Å². The van der Waals surface area contributed by atoms with E-state index in [1.54, 1.807) is 0 Å². The van der Waals surface area contributed by atoms with E-state index >= 15 is 0 Å². The molecule has 1 saturated heterocycles. The number of amides is 1. The van der Waals surface area contributed by atoms with Crippen LogP contribution in [0.4, 0.5) is 0 Å². The standard InChI is InChI=1S/C18H24N2O2/c1-13(2)19-17(21)18(3)9-6-10-20(18)12-15-11-14-7-4-5-8-16(14)22-15/h4-5,7-8,11,13H,6,9-10,12H2,1-3H3,(H,19,21). The van der Waals surface area contributed by atoms with Crippen LogP contribution in [0.15, 0.2) is 34.7 Å². The second kappa shape index (κ2) is 5.76. The number of nitrogens with one attached hydrogen (secondary N) is 1. The highest BCUT2D eigenvalue weighted by Gasteiger charge is 2.43. The van der Waals surface area contributed by atoms with E-state index in [1.807, 2.05) is 39.0 Å². The van der Waals surface area contributed by atoms with Crippen molar-refractivity contribution in [3.8, 4) is 0 Å². The van der Waals surface area contributed by atoms with Crippen molar-refractivity contribution in [2.75, 3.05) is 6.54 Å². The van der Waals surface area contributed by atoms with E-state index < -0.39 is 5.54 Å². The highest BCUT2D eigenvalue weighted by atomic mass is 16.3. The molecule has 0 bridgehead atoms. The summed E-state index contributed by atoms with van der Waals surface area (Å²) in [5.41, 5.74) is 0.466. The molecule has 1 aliphatic rings. The van der Waals surface area contributed by atoms with E-state index in [2.05, 4.69) is 22.3 Å². The molecule has 0 radical (unpaired) electrons. The molecule has 1 atom stereocenters. The minimum atomic E-state index is -0.441. The molecule has 22 heavy (non-hydrogen) atoms. The Labute approximate surface area is 131 Å². The van der Waals surface area contributed by atoms with Crippen molar-refractivity contribution in [2.24, 2.45) is 0 Å². The van der Waals surface area contributed by atoms with Gasteiger partial charge >= 0.3 is 0 Å². The fraction of sp³-hybridized carbons (Fsp3) is 0.500. The highest BCUT2D eigenvalue weighted by molar-refractivity contribution is 5.86. The fourth-order valence-corrected chi connectivity index (χ4v) is 3.25. The number of para-hydroxylation sites is 1. The summed E-state index contributed by atoms with van der Waals surface area (Å²) in [5, 5.41) is 4.17. The number of carbonyl (C=O) groups is 1. The third kappa shape index (κ3) is 2.75. The summed E-state index contributed by atoms with van der Waals surface area (Å²) in [6.07, 6.45) is 1.94. The number of rotatable bonds is 4. The second-order valence-electron chi connectivity index (χ2n) is 6.68. The molecule has 0 aliphatic carbocycles. The number of nitrogens with zero attached hydrogens (tertiary/aromatic N) is 1. The average molecular weight is 300 g/mol. The van der Waals surface area contributed by atoms with Gasteiger partial charge in [0.15, 0.2) is 0 Å². The molecule has 1 amide bonds. The Hall–Kier alpha value is -1.81. The van der Waals surface area contributed by atoms with Gasteiger partial charge in [0.2, 0.25) is 5.91 Å². The quantitative estimate of drug-likeness (QED) is 0.942. The normalized spacial score (nSPS) is 22.5. The molecule has 1 fully saturated rings. The maximum Gasteiger partial charge on any atom is 0.240 e. The van der Waals surface area contributed by atoms with Gasteiger partial charge in [-0.25, -0.2) is 0 Å². The largest absolute Gasteiger partial charge is 0.460 e. The fourth-order valence-electron chi connectivity index (χ4n) is 3.25. The summed E-state index contributed by atoms with van der Waals surface area (Å²) in [4.78, 5) is 14.8. The van der Waals surface area contributed by atoms with E-state index in [9.17, 15) is 4.79 Å². The van der Waals surface area contributed by atoms with E-state index in [4.69, 9.17) is 4.42 Å². The minimum Gasteiger partial charge on any atom is -0.460 e. The van der Waals surface area contributed by atoms with Gasteiger partial charge in [-0.05, 0) is 52.3 Å². The van der Waals surface area contributed by atoms with Gasteiger partial charge in [0.25, 0.3) is 0 Å². The SMILES string of the molecule is CC(C)NC(=O)C1(C)CCCN1Cc1cc2ccccc2o1. The molecular weight excluding hydrogens is 276 g/mol. The highest BCUT2D eigenvalue weighted by Crippen LogP contribution is 2.32. The second-order valence-corrected chi connectivity index (χ2v) is 6.68. The Kier molecular flexibility index (Phi) is 3.96. The van der Waals surface area contributed by atoms with E-state index in [-0.39, 0.29) is 11.9 Å². The minimum absolute atomic E-state index is 0.121. The van der Waals surface area contributed by atoms with Crippen molar-refractivity contribution < 1.29 is 9.21 Å². The molecule has 2 aromatic rings. The van der Waals surface area contributed by atoms with Crippen molar-refractivity contribution in [2.45, 2.75) is 51.7 Å². The third-order valence-electron chi connectivity index (χ3n) is 4.52. The number of hydrogen-bond acceptors (Lipinski definition) is 3. The van der Waals surface area contributed by atoms with Gasteiger partial charge in [-0.15, -0.1) is 0 Å². The van der Waals surface area contributed by atoms with Crippen molar-refractivity contribution in [3.63, 3.8) is 0 Å². The zero-order chi connectivity index (χ0) is 15.7. The first-order valence-corrected chi connectivity index (χ1v) is 8.02. The lowest BCUT2D eigenvalue weighted by Gasteiger charge is -2.34. The third-order valence-corrected chi connectivity index (χ3v) is 4.52. The van der Waals surface area contributed by atoms with Gasteiger partial charge in [0, 0.05) is 11.4 Å². The van der Waals surface area contributed by atoms with Gasteiger partial charge in [-0.1, -0.05) is 18.2 Å². The van der Waals surface area contributed by atoms with Gasteiger partial charge in [-0.3, -0.25) is 9.69 Å². The molecule has 0 saturated carbocycles. The Bertz CT molecular complexity index is 644. The Morgan fingerprint density at radius 1 is 1.41 bits per heavy atom. The number of carbonyl (C=O) groups excluding carboxylic acids is 1. The van der Waals surface area contributed by atoms with Gasteiger partial charge in [0.1, 0.15) is 11.3 Å². The summed E-state index contributed by atoms with van der Waals surface area (Å²) in [6.45, 7) is 7.65. The predicted molar refractivity (Wildman–Crippen MR) is 87.5 cm³/mol. The number of fused-ring (bicyclic) bond motifs is 1. The predicted octanol–water partition coefficient (Wildman–Crippen LogP) is 3.31. The van der Waals surface area contributed by atoms with E-state index in [0.717, 1.165) is 36.1 Å². The number of benzene rings is 1. The van der Waals surface area contributed by atoms with Crippen molar-refractivity contribution in [3.05, 3.63) is 36.1 Å². The number of hydrogen-bond donors (Lipinski definition) is 1. The molecule has 1 aliphatic heterocycles. The summed E-state index contributed by atoms with van der Waals surface area (Å²) in [7, 11) is 0. The lowest BCUT2D eigenvalue weighted by atomic mass is 9.97. The average Bonchev–Trinajstić information content (AvgIpc) is 3.03. The molecule has 1 aromatic heterocycles. The van der Waals surface area contributed by atoms with Crippen LogP contribution in [0.1, 0.15) is 39.4 Å². The first-order valence-electron chi connectivity index (χ1n) is 8.02. The molecule has 4 heteroatoms. The topological polar surface area (TPSA) is 45.5 Å². The molecule has 0 spiro atoms. The molecule has 2 heterocycles. The zero-order valence-corrected chi connectivity index (χ0v) is 13.6. The first kappa shape index (κ1) is 15.1. The van der Waals surface area contributed by atoms with Crippen LogP contribution in [0, 0.1) is 0 Å². The van der Waals surface area contributed by atoms with Crippen LogP contribution in [0.3, 0.4) is 0 Å².